The van der Waals surface area contributed by atoms with E-state index in [9.17, 15) is 9.59 Å². The van der Waals surface area contributed by atoms with Crippen molar-refractivity contribution >= 4 is 69.0 Å². The van der Waals surface area contributed by atoms with Crippen LogP contribution in [-0.2, 0) is 4.79 Å². The van der Waals surface area contributed by atoms with Gasteiger partial charge >= 0.3 is 0 Å². The van der Waals surface area contributed by atoms with Gasteiger partial charge in [0, 0.05) is 42.8 Å². The third-order valence-corrected chi connectivity index (χ3v) is 7.06. The Morgan fingerprint density at radius 3 is 2.36 bits per heavy atom. The Labute approximate surface area is 237 Å². The average molecular weight is 555 g/mol. The number of fused-ring (bicyclic) bond motifs is 1. The molecule has 4 aromatic rings. The first kappa shape index (κ1) is 26.4. The first-order valence-corrected chi connectivity index (χ1v) is 13.4. The molecule has 0 radical (unpaired) electrons. The number of piperazine rings is 1. The highest BCUT2D eigenvalue weighted by atomic mass is 35.5. The number of hydrogen-bond acceptors (Lipinski definition) is 4. The van der Waals surface area contributed by atoms with E-state index in [0.717, 1.165) is 22.0 Å². The highest BCUT2D eigenvalue weighted by Gasteiger charge is 2.22. The number of thiocarbonyl (C=S) groups is 1. The first-order chi connectivity index (χ1) is 19.0. The Morgan fingerprint density at radius 2 is 1.56 bits per heavy atom. The van der Waals surface area contributed by atoms with E-state index in [1.165, 1.54) is 0 Å². The molecule has 8 heteroatoms. The minimum atomic E-state index is -0.288. The Balaban J connectivity index is 1.23. The molecule has 0 aromatic heterocycles. The summed E-state index contributed by atoms with van der Waals surface area (Å²) < 4.78 is 0. The van der Waals surface area contributed by atoms with E-state index in [1.54, 1.807) is 18.2 Å². The van der Waals surface area contributed by atoms with Crippen molar-refractivity contribution < 1.29 is 9.59 Å². The average Bonchev–Trinajstić information content (AvgIpc) is 2.96. The lowest BCUT2D eigenvalue weighted by Crippen LogP contribution is -2.48. The van der Waals surface area contributed by atoms with Crippen LogP contribution >= 0.6 is 23.8 Å². The Morgan fingerprint density at radius 1 is 0.846 bits per heavy atom. The predicted molar refractivity (Wildman–Crippen MR) is 163 cm³/mol. The third kappa shape index (κ3) is 6.45. The third-order valence-electron chi connectivity index (χ3n) is 6.62. The van der Waals surface area contributed by atoms with Crippen LogP contribution in [0.5, 0.6) is 0 Å². The van der Waals surface area contributed by atoms with E-state index in [-0.39, 0.29) is 16.9 Å². The Kier molecular flexibility index (Phi) is 8.20. The predicted octanol–water partition coefficient (Wildman–Crippen LogP) is 5.98. The second-order valence-electron chi connectivity index (χ2n) is 9.15. The van der Waals surface area contributed by atoms with Crippen molar-refractivity contribution in [2.75, 3.05) is 36.4 Å². The molecule has 1 fully saturated rings. The summed E-state index contributed by atoms with van der Waals surface area (Å²) >= 11 is 11.8. The lowest BCUT2D eigenvalue weighted by molar-refractivity contribution is -0.126. The van der Waals surface area contributed by atoms with E-state index >= 15 is 0 Å². The normalized spacial score (nSPS) is 13.5. The van der Waals surface area contributed by atoms with Crippen LogP contribution in [0.15, 0.2) is 97.1 Å². The van der Waals surface area contributed by atoms with Crippen molar-refractivity contribution in [1.82, 2.24) is 10.2 Å². The number of amides is 2. The van der Waals surface area contributed by atoms with Crippen molar-refractivity contribution in [3.8, 4) is 0 Å². The summed E-state index contributed by atoms with van der Waals surface area (Å²) in [6.45, 7) is 2.47. The summed E-state index contributed by atoms with van der Waals surface area (Å²) in [6, 6.07) is 28.6. The second-order valence-corrected chi connectivity index (χ2v) is 10.00. The monoisotopic (exact) mass is 554 g/mol. The summed E-state index contributed by atoms with van der Waals surface area (Å²) in [4.78, 5) is 29.8. The number of anilines is 2. The topological polar surface area (TPSA) is 64.7 Å². The molecule has 1 saturated heterocycles. The van der Waals surface area contributed by atoms with E-state index in [4.69, 9.17) is 23.8 Å². The van der Waals surface area contributed by atoms with Crippen LogP contribution in [0.4, 0.5) is 11.4 Å². The summed E-state index contributed by atoms with van der Waals surface area (Å²) in [5, 5.41) is 8.51. The molecule has 6 nitrogen and oxygen atoms in total. The zero-order chi connectivity index (χ0) is 27.2. The molecule has 5 rings (SSSR count). The minimum absolute atomic E-state index is 0.00900. The quantitative estimate of drug-likeness (QED) is 0.235. The van der Waals surface area contributed by atoms with Crippen LogP contribution in [0.25, 0.3) is 16.8 Å². The van der Waals surface area contributed by atoms with Crippen LogP contribution in [0.1, 0.15) is 15.9 Å². The maximum Gasteiger partial charge on any atom is 0.258 e. The van der Waals surface area contributed by atoms with Gasteiger partial charge in [-0.2, -0.15) is 0 Å². The van der Waals surface area contributed by atoms with Gasteiger partial charge in [0.15, 0.2) is 5.11 Å². The van der Waals surface area contributed by atoms with Crippen molar-refractivity contribution in [2.24, 2.45) is 0 Å². The molecule has 2 N–H and O–H groups in total. The van der Waals surface area contributed by atoms with Crippen LogP contribution in [0, 0.1) is 0 Å². The molecule has 0 atom stereocenters. The first-order valence-electron chi connectivity index (χ1n) is 12.6. The van der Waals surface area contributed by atoms with Crippen LogP contribution < -0.4 is 15.5 Å². The van der Waals surface area contributed by atoms with Crippen molar-refractivity contribution in [3.63, 3.8) is 0 Å². The van der Waals surface area contributed by atoms with E-state index < -0.39 is 0 Å². The molecular formula is C31H27ClN4O2S. The molecule has 1 aliphatic heterocycles. The summed E-state index contributed by atoms with van der Waals surface area (Å²) in [5.74, 6) is -0.297. The van der Waals surface area contributed by atoms with Gasteiger partial charge < -0.3 is 15.1 Å². The Bertz CT molecular complexity index is 1540. The number of benzene rings is 4. The van der Waals surface area contributed by atoms with Gasteiger partial charge in [-0.1, -0.05) is 78.3 Å². The van der Waals surface area contributed by atoms with Gasteiger partial charge in [-0.05, 0) is 58.9 Å². The lowest BCUT2D eigenvalue weighted by Gasteiger charge is -2.36. The molecule has 196 valence electrons. The molecule has 0 spiro atoms. The van der Waals surface area contributed by atoms with Crippen molar-refractivity contribution in [1.29, 1.82) is 0 Å². The van der Waals surface area contributed by atoms with Gasteiger partial charge in [0.1, 0.15) is 0 Å². The summed E-state index contributed by atoms with van der Waals surface area (Å²) in [6.07, 6.45) is 3.46. The van der Waals surface area contributed by atoms with E-state index in [0.29, 0.717) is 42.5 Å². The van der Waals surface area contributed by atoms with Gasteiger partial charge in [-0.25, -0.2) is 0 Å². The molecule has 0 bridgehead atoms. The van der Waals surface area contributed by atoms with Crippen LogP contribution in [0.2, 0.25) is 5.02 Å². The molecule has 39 heavy (non-hydrogen) atoms. The molecule has 0 aliphatic carbocycles. The van der Waals surface area contributed by atoms with Gasteiger partial charge in [0.05, 0.1) is 11.4 Å². The minimum Gasteiger partial charge on any atom is -0.366 e. The molecule has 2 amide bonds. The molecule has 4 aromatic carbocycles. The number of nitrogens with zero attached hydrogens (tertiary/aromatic N) is 2. The zero-order valence-corrected chi connectivity index (χ0v) is 22.7. The smallest absolute Gasteiger partial charge is 0.258 e. The fourth-order valence-corrected chi connectivity index (χ4v) is 5.01. The lowest BCUT2D eigenvalue weighted by atomic mass is 10.0. The highest BCUT2D eigenvalue weighted by Crippen LogP contribution is 2.30. The maximum absolute atomic E-state index is 13.0. The maximum atomic E-state index is 13.0. The fourth-order valence-electron chi connectivity index (χ4n) is 4.64. The number of rotatable bonds is 5. The largest absolute Gasteiger partial charge is 0.366 e. The van der Waals surface area contributed by atoms with E-state index in [2.05, 4.69) is 15.5 Å². The standard InChI is InChI=1S/C31H27ClN4O2S/c32-24-14-15-28(35-17-19-36(20-18-35)29(37)16-13-22-7-2-1-3-8-22)27(21-24)33-31(39)34-30(38)26-12-6-10-23-9-4-5-11-25(23)26/h1-16,21H,17-20H2,(H2,33,34,38,39)/b16-13+. The summed E-state index contributed by atoms with van der Waals surface area (Å²) in [5.41, 5.74) is 3.12. The second kappa shape index (κ2) is 12.1. The molecule has 0 saturated carbocycles. The van der Waals surface area contributed by atoms with E-state index in [1.807, 2.05) is 89.8 Å². The number of carbonyl (C=O) groups excluding carboxylic acids is 2. The van der Waals surface area contributed by atoms with Gasteiger partial charge in [-0.3, -0.25) is 14.9 Å². The van der Waals surface area contributed by atoms with Crippen LogP contribution in [0.3, 0.4) is 0 Å². The van der Waals surface area contributed by atoms with Gasteiger partial charge in [0.2, 0.25) is 5.91 Å². The fraction of sp³-hybridized carbons (Fsp3) is 0.129. The summed E-state index contributed by atoms with van der Waals surface area (Å²) in [7, 11) is 0. The van der Waals surface area contributed by atoms with Crippen LogP contribution in [-0.4, -0.2) is 48.0 Å². The molecule has 1 heterocycles. The molecule has 0 unspecified atom stereocenters. The number of halogens is 1. The Hall–Kier alpha value is -4.20. The number of hydrogen-bond donors (Lipinski definition) is 2. The number of nitrogens with one attached hydrogen (secondary N) is 2. The molecule has 1 aliphatic rings. The van der Waals surface area contributed by atoms with Gasteiger partial charge in [-0.15, -0.1) is 0 Å². The van der Waals surface area contributed by atoms with Crippen molar-refractivity contribution in [3.05, 3.63) is 113 Å². The number of carbonyl (C=O) groups is 2. The zero-order valence-electron chi connectivity index (χ0n) is 21.1. The van der Waals surface area contributed by atoms with Crippen molar-refractivity contribution in [2.45, 2.75) is 0 Å². The van der Waals surface area contributed by atoms with Gasteiger partial charge in [0.25, 0.3) is 5.91 Å². The highest BCUT2D eigenvalue weighted by molar-refractivity contribution is 7.80. The SMILES string of the molecule is O=C(NC(=S)Nc1cc(Cl)ccc1N1CCN(C(=O)/C=C/c2ccccc2)CC1)c1cccc2ccccc12. The molecular weight excluding hydrogens is 528 g/mol.